The van der Waals surface area contributed by atoms with Crippen molar-refractivity contribution in [2.75, 3.05) is 0 Å². The van der Waals surface area contributed by atoms with Crippen molar-refractivity contribution in [3.63, 3.8) is 0 Å². The van der Waals surface area contributed by atoms with E-state index in [0.717, 1.165) is 29.5 Å². The lowest BCUT2D eigenvalue weighted by Crippen LogP contribution is -2.27. The van der Waals surface area contributed by atoms with Crippen LogP contribution in [0.15, 0.2) is 139 Å². The molecule has 0 radical (unpaired) electrons. The van der Waals surface area contributed by atoms with Crippen LogP contribution in [0, 0.1) is 13.8 Å². The first-order valence-corrected chi connectivity index (χ1v) is 24.4. The molecular weight excluding hydrogens is 860 g/mol. The van der Waals surface area contributed by atoms with Crippen LogP contribution in [0.4, 0.5) is 0 Å². The highest BCUT2D eigenvalue weighted by Crippen LogP contribution is 2.17. The molecule has 0 saturated heterocycles. The lowest BCUT2D eigenvalue weighted by atomic mass is 10.1. The van der Waals surface area contributed by atoms with Crippen molar-refractivity contribution in [3.05, 3.63) is 174 Å². The van der Waals surface area contributed by atoms with E-state index < -0.39 is 41.6 Å². The topological polar surface area (TPSA) is 190 Å². The molecule has 0 aliphatic carbocycles. The van der Waals surface area contributed by atoms with Gasteiger partial charge in [-0.2, -0.15) is 0 Å². The molecule has 1 atom stereocenters. The molecule has 6 aromatic rings. The van der Waals surface area contributed by atoms with Crippen molar-refractivity contribution in [3.8, 4) is 0 Å². The van der Waals surface area contributed by atoms with E-state index in [9.17, 15) is 35.4 Å². The predicted octanol–water partition coefficient (Wildman–Crippen LogP) is 6.10. The fourth-order valence-corrected chi connectivity index (χ4v) is 9.96. The maximum Gasteiger partial charge on any atom is 0.288 e. The van der Waals surface area contributed by atoms with Crippen LogP contribution in [-0.4, -0.2) is 49.7 Å². The zero-order valence-electron chi connectivity index (χ0n) is 34.6. The Balaban J connectivity index is 0.000000202. The minimum absolute atomic E-state index is 0.0966. The first-order valence-electron chi connectivity index (χ1n) is 19.4. The Hall–Kier alpha value is -5.36. The summed E-state index contributed by atoms with van der Waals surface area (Å²) >= 11 is 5.79. The fraction of sp³-hybridized carbons (Fsp3) is 0.302. The summed E-state index contributed by atoms with van der Waals surface area (Å²) in [5.74, 6) is -0.164. The number of nitrogens with zero attached hydrogens (tertiary/aromatic N) is 6. The van der Waals surface area contributed by atoms with E-state index in [0.29, 0.717) is 35.8 Å². The van der Waals surface area contributed by atoms with Crippen molar-refractivity contribution in [2.45, 2.75) is 99.4 Å². The Kier molecular flexibility index (Phi) is 17.8. The minimum atomic E-state index is -3.76. The Bertz CT molecular complexity index is 2860. The molecule has 0 fully saturated rings. The second kappa shape index (κ2) is 22.5. The lowest BCUT2D eigenvalue weighted by molar-refractivity contribution is 0.570. The largest absolute Gasteiger partial charge is 0.312 e. The molecule has 3 aromatic heterocycles. The first-order chi connectivity index (χ1) is 29.0. The minimum Gasteiger partial charge on any atom is -0.312 e. The van der Waals surface area contributed by atoms with Crippen LogP contribution in [0.25, 0.3) is 0 Å². The summed E-state index contributed by atoms with van der Waals surface area (Å²) in [7, 11) is -8.95. The van der Waals surface area contributed by atoms with E-state index in [4.69, 9.17) is 11.6 Å². The lowest BCUT2D eigenvalue weighted by Gasteiger charge is -2.09. The zero-order valence-corrected chi connectivity index (χ0v) is 37.8. The smallest absolute Gasteiger partial charge is 0.288 e. The molecule has 0 saturated carbocycles. The molecule has 14 nitrogen and oxygen atoms in total. The Morgan fingerprint density at radius 2 is 1.05 bits per heavy atom. The summed E-state index contributed by atoms with van der Waals surface area (Å²) in [4.78, 5) is 47.9. The van der Waals surface area contributed by atoms with Crippen molar-refractivity contribution >= 4 is 42.1 Å². The average Bonchev–Trinajstić information content (AvgIpc) is 3.23. The van der Waals surface area contributed by atoms with Crippen molar-refractivity contribution in [1.82, 2.24) is 28.7 Å². The van der Waals surface area contributed by atoms with Gasteiger partial charge in [-0.15, -0.1) is 0 Å². The van der Waals surface area contributed by atoms with E-state index >= 15 is 0 Å². The van der Waals surface area contributed by atoms with Gasteiger partial charge in [0.15, 0.2) is 5.03 Å². The van der Waals surface area contributed by atoms with Crippen LogP contribution in [0.1, 0.15) is 61.4 Å². The number of benzene rings is 3. The highest BCUT2D eigenvalue weighted by atomic mass is 35.5. The molecule has 0 spiro atoms. The third-order valence-corrected chi connectivity index (χ3v) is 14.0. The van der Waals surface area contributed by atoms with Gasteiger partial charge in [-0.25, -0.2) is 31.8 Å². The number of aromatic nitrogens is 6. The van der Waals surface area contributed by atoms with Crippen molar-refractivity contribution in [2.24, 2.45) is 0 Å². The van der Waals surface area contributed by atoms with Gasteiger partial charge in [-0.1, -0.05) is 85.6 Å². The third kappa shape index (κ3) is 13.3. The van der Waals surface area contributed by atoms with E-state index in [1.54, 1.807) is 61.7 Å². The maximum absolute atomic E-state index is 12.5. The van der Waals surface area contributed by atoms with E-state index in [-0.39, 0.29) is 37.9 Å². The Labute approximate surface area is 363 Å². The molecule has 18 heteroatoms. The van der Waals surface area contributed by atoms with Gasteiger partial charge in [0, 0.05) is 61.8 Å². The highest BCUT2D eigenvalue weighted by molar-refractivity contribution is 7.90. The van der Waals surface area contributed by atoms with Gasteiger partial charge < -0.3 is 13.7 Å². The summed E-state index contributed by atoms with van der Waals surface area (Å²) in [6.45, 7) is 10.8. The van der Waals surface area contributed by atoms with Gasteiger partial charge in [0.05, 0.1) is 28.1 Å². The molecule has 3 heterocycles. The zero-order chi connectivity index (χ0) is 44.7. The molecule has 324 valence electrons. The second-order valence-corrected chi connectivity index (χ2v) is 19.3. The summed E-state index contributed by atoms with van der Waals surface area (Å²) in [5.41, 5.74) is 2.59. The molecule has 6 rings (SSSR count). The van der Waals surface area contributed by atoms with Crippen molar-refractivity contribution < 1.29 is 21.0 Å². The molecule has 0 amide bonds. The first kappa shape index (κ1) is 48.3. The summed E-state index contributed by atoms with van der Waals surface area (Å²) in [6, 6.07) is 21.5. The number of hydrogen-bond acceptors (Lipinski definition) is 11. The van der Waals surface area contributed by atoms with Crippen LogP contribution in [0.2, 0.25) is 5.02 Å². The van der Waals surface area contributed by atoms with Crippen molar-refractivity contribution in [1.29, 1.82) is 0 Å². The monoisotopic (exact) mass is 908 g/mol. The number of hydrogen-bond donors (Lipinski definition) is 0. The molecule has 1 unspecified atom stereocenters. The molecule has 0 aliphatic heterocycles. The summed E-state index contributed by atoms with van der Waals surface area (Å²) in [5, 5.41) is -0.0283. The van der Waals surface area contributed by atoms with Gasteiger partial charge >= 0.3 is 0 Å². The maximum atomic E-state index is 12.5. The van der Waals surface area contributed by atoms with Crippen LogP contribution >= 0.6 is 11.6 Å². The van der Waals surface area contributed by atoms with Gasteiger partial charge in [0.2, 0.25) is 29.7 Å². The van der Waals surface area contributed by atoms with E-state index in [1.165, 1.54) is 44.7 Å². The van der Waals surface area contributed by atoms with Crippen LogP contribution < -0.4 is 16.7 Å². The number of aryl methyl sites for hydroxylation is 5. The number of halogens is 1. The molecule has 0 aliphatic rings. The SMILES string of the molecule is CCCCn1ccnc(S(=O)(=O)Cc2ccccc2C)c1=O.CCn1ccnc(S(=O)(=O)Cc2ccccc2C)c1=O.CCn1ccnc(S(=O)Cc2ccc(Cl)cc2)c1=O. The standard InChI is InChI=1S/C16H20N2O3S.C14H16N2O3S.C13H13ClN2O2S/c1-3-4-10-18-11-9-17-15(16(18)19)22(20,21)12-14-8-6-5-7-13(14)2;1-3-16-9-8-15-13(14(16)17)20(18,19)10-12-7-5-4-6-11(12)2;1-2-16-8-7-15-12(13(16)17)19(18)9-10-3-5-11(14)6-4-10/h5-9,11H,3-4,10,12H2,1-2H3;4-9H,3,10H2,1-2H3;3-8H,2,9H2,1H3. The molecule has 0 bridgehead atoms. The number of rotatable bonds is 14. The predicted molar refractivity (Wildman–Crippen MR) is 237 cm³/mol. The Morgan fingerprint density at radius 3 is 1.52 bits per heavy atom. The third-order valence-electron chi connectivity index (χ3n) is 9.31. The van der Waals surface area contributed by atoms with E-state index in [2.05, 4.69) is 15.0 Å². The van der Waals surface area contributed by atoms with Gasteiger partial charge in [-0.3, -0.25) is 18.6 Å². The van der Waals surface area contributed by atoms with Gasteiger partial charge in [0.1, 0.15) is 0 Å². The normalized spacial score (nSPS) is 11.8. The van der Waals surface area contributed by atoms with E-state index in [1.807, 2.05) is 52.0 Å². The number of sulfone groups is 2. The van der Waals surface area contributed by atoms with Crippen LogP contribution in [0.3, 0.4) is 0 Å². The molecular formula is C43H49ClN6O8S3. The van der Waals surface area contributed by atoms with Gasteiger partial charge in [-0.05, 0) is 74.1 Å². The summed E-state index contributed by atoms with van der Waals surface area (Å²) in [6.07, 6.45) is 10.6. The summed E-state index contributed by atoms with van der Waals surface area (Å²) < 4.78 is 66.2. The van der Waals surface area contributed by atoms with Crippen LogP contribution in [0.5, 0.6) is 0 Å². The van der Waals surface area contributed by atoms with Gasteiger partial charge in [0.25, 0.3) is 16.7 Å². The average molecular weight is 910 g/mol. The quantitative estimate of drug-likeness (QED) is 0.123. The molecule has 0 N–H and O–H groups in total. The second-order valence-electron chi connectivity index (χ2n) is 13.7. The highest BCUT2D eigenvalue weighted by Gasteiger charge is 2.24. The van der Waals surface area contributed by atoms with Crippen LogP contribution in [-0.2, 0) is 67.4 Å². The number of unbranched alkanes of at least 4 members (excludes halogenated alkanes) is 1. The Morgan fingerprint density at radius 1 is 0.607 bits per heavy atom. The molecule has 3 aromatic carbocycles. The fourth-order valence-electron chi connectivity index (χ4n) is 5.76. The molecule has 61 heavy (non-hydrogen) atoms.